The first-order chi connectivity index (χ1) is 7.59. The minimum absolute atomic E-state index is 0.0956. The Labute approximate surface area is 97.6 Å². The number of halogens is 3. The van der Waals surface area contributed by atoms with Crippen molar-refractivity contribution in [3.8, 4) is 0 Å². The summed E-state index contributed by atoms with van der Waals surface area (Å²) in [5, 5.41) is 0. The lowest BCUT2D eigenvalue weighted by Crippen LogP contribution is -2.34. The summed E-state index contributed by atoms with van der Waals surface area (Å²) in [6.07, 6.45) is -4.28. The van der Waals surface area contributed by atoms with Crippen molar-refractivity contribution in [2.75, 3.05) is 0 Å². The maximum absolute atomic E-state index is 12.3. The lowest BCUT2D eigenvalue weighted by molar-refractivity contribution is -0.137. The number of Topliss-reactive ketones (excluding diaryl/α,β-unsaturated/α-hetero) is 1. The number of rotatable bonds is 3. The molecule has 0 atom stereocenters. The van der Waals surface area contributed by atoms with Gasteiger partial charge in [0.15, 0.2) is 5.78 Å². The Hall–Kier alpha value is -1.36. The first-order valence-electron chi connectivity index (χ1n) is 5.09. The average Bonchev–Trinajstić information content (AvgIpc) is 2.14. The molecule has 0 spiro atoms. The van der Waals surface area contributed by atoms with Crippen LogP contribution in [0.2, 0.25) is 0 Å². The minimum Gasteiger partial charge on any atom is -0.325 e. The maximum atomic E-state index is 12.3. The van der Waals surface area contributed by atoms with Crippen molar-refractivity contribution in [3.63, 3.8) is 0 Å². The van der Waals surface area contributed by atoms with E-state index in [1.165, 1.54) is 12.1 Å². The second-order valence-corrected chi connectivity index (χ2v) is 4.66. The summed E-state index contributed by atoms with van der Waals surface area (Å²) < 4.78 is 36.9. The van der Waals surface area contributed by atoms with E-state index in [0.717, 1.165) is 12.1 Å². The van der Waals surface area contributed by atoms with Gasteiger partial charge in [-0.3, -0.25) is 4.79 Å². The van der Waals surface area contributed by atoms with Crippen LogP contribution < -0.4 is 5.73 Å². The molecular formula is C12H14F3NO. The van der Waals surface area contributed by atoms with Gasteiger partial charge >= 0.3 is 6.18 Å². The standard InChI is InChI=1S/C12H14F3NO/c1-11(2,16)7-10(17)8-3-5-9(6-4-8)12(13,14)15/h3-6H,7,16H2,1-2H3. The van der Waals surface area contributed by atoms with Crippen molar-refractivity contribution in [1.82, 2.24) is 0 Å². The third-order valence-electron chi connectivity index (χ3n) is 2.15. The van der Waals surface area contributed by atoms with Crippen LogP contribution in [-0.4, -0.2) is 11.3 Å². The second-order valence-electron chi connectivity index (χ2n) is 4.66. The molecular weight excluding hydrogens is 231 g/mol. The summed E-state index contributed by atoms with van der Waals surface area (Å²) in [6.45, 7) is 3.38. The minimum atomic E-state index is -4.38. The SMILES string of the molecule is CC(C)(N)CC(=O)c1ccc(C(F)(F)F)cc1. The van der Waals surface area contributed by atoms with E-state index >= 15 is 0 Å². The second kappa shape index (κ2) is 4.49. The third kappa shape index (κ3) is 4.19. The molecule has 17 heavy (non-hydrogen) atoms. The summed E-state index contributed by atoms with van der Waals surface area (Å²) in [5.41, 5.74) is 4.49. The van der Waals surface area contributed by atoms with E-state index in [2.05, 4.69) is 0 Å². The number of nitrogens with two attached hydrogens (primary N) is 1. The fraction of sp³-hybridized carbons (Fsp3) is 0.417. The molecule has 0 aromatic heterocycles. The number of alkyl halides is 3. The topological polar surface area (TPSA) is 43.1 Å². The average molecular weight is 245 g/mol. The molecule has 0 aliphatic heterocycles. The number of benzene rings is 1. The van der Waals surface area contributed by atoms with Gasteiger partial charge in [0.05, 0.1) is 5.56 Å². The van der Waals surface area contributed by atoms with Gasteiger partial charge < -0.3 is 5.73 Å². The molecule has 0 aliphatic carbocycles. The molecule has 0 amide bonds. The smallest absolute Gasteiger partial charge is 0.325 e. The summed E-state index contributed by atoms with van der Waals surface area (Å²) in [4.78, 5) is 11.7. The molecule has 0 unspecified atom stereocenters. The largest absolute Gasteiger partial charge is 0.416 e. The van der Waals surface area contributed by atoms with E-state index < -0.39 is 17.3 Å². The molecule has 94 valence electrons. The zero-order valence-electron chi connectivity index (χ0n) is 9.64. The maximum Gasteiger partial charge on any atom is 0.416 e. The molecule has 0 saturated heterocycles. The Morgan fingerprint density at radius 2 is 1.65 bits per heavy atom. The molecule has 0 aliphatic rings. The van der Waals surface area contributed by atoms with E-state index in [1.807, 2.05) is 0 Å². The molecule has 0 saturated carbocycles. The van der Waals surface area contributed by atoms with Crippen molar-refractivity contribution in [2.24, 2.45) is 5.73 Å². The summed E-state index contributed by atoms with van der Waals surface area (Å²) in [7, 11) is 0. The van der Waals surface area contributed by atoms with Gasteiger partial charge in [0.1, 0.15) is 0 Å². The molecule has 1 aromatic carbocycles. The third-order valence-corrected chi connectivity index (χ3v) is 2.15. The van der Waals surface area contributed by atoms with Gasteiger partial charge in [-0.2, -0.15) is 13.2 Å². The summed E-state index contributed by atoms with van der Waals surface area (Å²) in [6, 6.07) is 4.15. The van der Waals surface area contributed by atoms with Crippen molar-refractivity contribution >= 4 is 5.78 Å². The molecule has 0 radical (unpaired) electrons. The van der Waals surface area contributed by atoms with Crippen LogP contribution in [0.25, 0.3) is 0 Å². The number of ketones is 1. The van der Waals surface area contributed by atoms with Crippen molar-refractivity contribution in [3.05, 3.63) is 35.4 Å². The van der Waals surface area contributed by atoms with Crippen LogP contribution in [0.3, 0.4) is 0 Å². The Morgan fingerprint density at radius 1 is 1.18 bits per heavy atom. The number of carbonyl (C=O) groups excluding carboxylic acids is 1. The van der Waals surface area contributed by atoms with Crippen molar-refractivity contribution in [2.45, 2.75) is 32.0 Å². The summed E-state index contributed by atoms with van der Waals surface area (Å²) in [5.74, 6) is -0.258. The first-order valence-corrected chi connectivity index (χ1v) is 5.09. The van der Waals surface area contributed by atoms with Gasteiger partial charge in [-0.05, 0) is 26.0 Å². The molecule has 0 fully saturated rings. The highest BCUT2D eigenvalue weighted by Gasteiger charge is 2.30. The zero-order valence-corrected chi connectivity index (χ0v) is 9.64. The van der Waals surface area contributed by atoms with Gasteiger partial charge in [-0.15, -0.1) is 0 Å². The highest BCUT2D eigenvalue weighted by atomic mass is 19.4. The van der Waals surface area contributed by atoms with Crippen LogP contribution in [0, 0.1) is 0 Å². The molecule has 0 heterocycles. The monoisotopic (exact) mass is 245 g/mol. The summed E-state index contributed by atoms with van der Waals surface area (Å²) >= 11 is 0. The first kappa shape index (κ1) is 13.7. The molecule has 2 N–H and O–H groups in total. The predicted octanol–water partition coefficient (Wildman–Crippen LogP) is 3.02. The van der Waals surface area contributed by atoms with Crippen LogP contribution in [0.15, 0.2) is 24.3 Å². The van der Waals surface area contributed by atoms with Gasteiger partial charge in [0.2, 0.25) is 0 Å². The number of hydrogen-bond donors (Lipinski definition) is 1. The number of hydrogen-bond acceptors (Lipinski definition) is 2. The zero-order chi connectivity index (χ0) is 13.3. The molecule has 1 rings (SSSR count). The molecule has 5 heteroatoms. The fourth-order valence-electron chi connectivity index (χ4n) is 1.36. The van der Waals surface area contributed by atoms with Gasteiger partial charge in [0, 0.05) is 17.5 Å². The van der Waals surface area contributed by atoms with Crippen LogP contribution in [0.5, 0.6) is 0 Å². The molecule has 0 bridgehead atoms. The normalized spacial score (nSPS) is 12.6. The van der Waals surface area contributed by atoms with E-state index in [4.69, 9.17) is 5.73 Å². The van der Waals surface area contributed by atoms with Gasteiger partial charge in [-0.25, -0.2) is 0 Å². The fourth-order valence-corrected chi connectivity index (χ4v) is 1.36. The highest BCUT2D eigenvalue weighted by Crippen LogP contribution is 2.29. The molecule has 1 aromatic rings. The predicted molar refractivity (Wildman–Crippen MR) is 58.7 cm³/mol. The van der Waals surface area contributed by atoms with Crippen molar-refractivity contribution in [1.29, 1.82) is 0 Å². The van der Waals surface area contributed by atoms with Crippen LogP contribution in [0.4, 0.5) is 13.2 Å². The molecule has 2 nitrogen and oxygen atoms in total. The van der Waals surface area contributed by atoms with Crippen molar-refractivity contribution < 1.29 is 18.0 Å². The van der Waals surface area contributed by atoms with E-state index in [0.29, 0.717) is 0 Å². The Kier molecular flexibility index (Phi) is 3.62. The highest BCUT2D eigenvalue weighted by molar-refractivity contribution is 5.96. The lowest BCUT2D eigenvalue weighted by Gasteiger charge is -2.17. The Morgan fingerprint density at radius 3 is 2.00 bits per heavy atom. The van der Waals surface area contributed by atoms with Gasteiger partial charge in [0.25, 0.3) is 0 Å². The quantitative estimate of drug-likeness (QED) is 0.832. The van der Waals surface area contributed by atoms with Crippen LogP contribution in [0.1, 0.15) is 36.2 Å². The number of carbonyl (C=O) groups is 1. The van der Waals surface area contributed by atoms with E-state index in [9.17, 15) is 18.0 Å². The van der Waals surface area contributed by atoms with E-state index in [-0.39, 0.29) is 17.8 Å². The van der Waals surface area contributed by atoms with Crippen LogP contribution in [-0.2, 0) is 6.18 Å². The van der Waals surface area contributed by atoms with Crippen LogP contribution >= 0.6 is 0 Å². The van der Waals surface area contributed by atoms with Gasteiger partial charge in [-0.1, -0.05) is 12.1 Å². The Bertz CT molecular complexity index is 401. The Balaban J connectivity index is 2.85. The lowest BCUT2D eigenvalue weighted by atomic mass is 9.95. The van der Waals surface area contributed by atoms with E-state index in [1.54, 1.807) is 13.8 Å².